The monoisotopic (exact) mass is 743 g/mol. The molecule has 0 aliphatic rings. The molecule has 264 valence electrons. The van der Waals surface area contributed by atoms with E-state index in [1.807, 2.05) is 53.8 Å². The molecule has 0 amide bonds. The summed E-state index contributed by atoms with van der Waals surface area (Å²) in [5.74, 6) is 0.580. The Labute approximate surface area is 330 Å². The molecule has 0 radical (unpaired) electrons. The summed E-state index contributed by atoms with van der Waals surface area (Å²) in [7, 11) is 0. The largest absolute Gasteiger partial charge is 0.307 e. The maximum atomic E-state index is 11.1. The number of hydrogen-bond acceptors (Lipinski definition) is 4. The molecule has 5 nitrogen and oxygen atoms in total. The van der Waals surface area contributed by atoms with Crippen LogP contribution in [0.25, 0.3) is 109 Å². The molecule has 0 spiro atoms. The number of para-hydroxylation sites is 4. The number of aromatic nitrogens is 4. The van der Waals surface area contributed by atoms with Gasteiger partial charge in [-0.25, -0.2) is 9.97 Å². The highest BCUT2D eigenvalue weighted by Gasteiger charge is 2.27. The second kappa shape index (κ2) is 12.2. The van der Waals surface area contributed by atoms with E-state index in [0.29, 0.717) is 11.4 Å². The van der Waals surface area contributed by atoms with Crippen molar-refractivity contribution in [2.45, 2.75) is 0 Å². The molecule has 0 fully saturated rings. The number of nitriles is 1. The van der Waals surface area contributed by atoms with Gasteiger partial charge >= 0.3 is 0 Å². The van der Waals surface area contributed by atoms with E-state index in [9.17, 15) is 5.26 Å². The molecule has 8 aromatic carbocycles. The average Bonchev–Trinajstić information content (AvgIpc) is 3.94. The summed E-state index contributed by atoms with van der Waals surface area (Å²) in [6.45, 7) is 0. The van der Waals surface area contributed by atoms with Crippen molar-refractivity contribution in [1.29, 1.82) is 5.26 Å². The Balaban J connectivity index is 1.23. The second-order valence-electron chi connectivity index (χ2n) is 14.4. The zero-order chi connectivity index (χ0) is 37.6. The van der Waals surface area contributed by atoms with Crippen LogP contribution in [0.15, 0.2) is 176 Å². The molecule has 12 aromatic rings. The summed E-state index contributed by atoms with van der Waals surface area (Å²) in [6.07, 6.45) is 0. The Bertz CT molecular complexity index is 3640. The van der Waals surface area contributed by atoms with Crippen LogP contribution in [0.2, 0.25) is 0 Å². The summed E-state index contributed by atoms with van der Waals surface area (Å²) in [6, 6.07) is 63.8. The Morgan fingerprint density at radius 3 is 1.88 bits per heavy atom. The van der Waals surface area contributed by atoms with Gasteiger partial charge in [-0.1, -0.05) is 121 Å². The first kappa shape index (κ1) is 31.7. The third-order valence-electron chi connectivity index (χ3n) is 11.3. The highest BCUT2D eigenvalue weighted by atomic mass is 32.1. The van der Waals surface area contributed by atoms with Crippen LogP contribution in [-0.4, -0.2) is 19.1 Å². The van der Waals surface area contributed by atoms with E-state index in [2.05, 4.69) is 149 Å². The van der Waals surface area contributed by atoms with Gasteiger partial charge < -0.3 is 9.13 Å². The first-order valence-electron chi connectivity index (χ1n) is 19.0. The molecular weight excluding hydrogens is 715 g/mol. The van der Waals surface area contributed by atoms with Gasteiger partial charge in [0.1, 0.15) is 6.07 Å². The fraction of sp³-hybridized carbons (Fsp3) is 0. The molecule has 0 saturated carbocycles. The number of rotatable bonds is 4. The highest BCUT2D eigenvalue weighted by molar-refractivity contribution is 7.27. The van der Waals surface area contributed by atoms with E-state index in [-0.39, 0.29) is 0 Å². The minimum Gasteiger partial charge on any atom is -0.307 e. The minimum atomic E-state index is 0.541. The van der Waals surface area contributed by atoms with Gasteiger partial charge in [0.15, 0.2) is 5.82 Å². The smallest absolute Gasteiger partial charge is 0.160 e. The lowest BCUT2D eigenvalue weighted by atomic mass is 10.0. The topological polar surface area (TPSA) is 59.4 Å². The Kier molecular flexibility index (Phi) is 6.80. The molecule has 0 aliphatic carbocycles. The zero-order valence-electron chi connectivity index (χ0n) is 30.4. The van der Waals surface area contributed by atoms with E-state index in [1.54, 1.807) is 0 Å². The summed E-state index contributed by atoms with van der Waals surface area (Å²) in [5.41, 5.74) is 10.3. The van der Waals surface area contributed by atoms with Crippen molar-refractivity contribution >= 4 is 86.0 Å². The van der Waals surface area contributed by atoms with E-state index in [1.165, 1.54) is 36.3 Å². The number of benzene rings is 8. The lowest BCUT2D eigenvalue weighted by molar-refractivity contribution is 1.14. The third kappa shape index (κ3) is 4.55. The maximum absolute atomic E-state index is 11.1. The average molecular weight is 744 g/mol. The van der Waals surface area contributed by atoms with Crippen LogP contribution in [-0.2, 0) is 0 Å². The third-order valence-corrected chi connectivity index (χ3v) is 12.5. The van der Waals surface area contributed by atoms with E-state index in [0.717, 1.165) is 66.6 Å². The molecule has 4 heterocycles. The molecule has 57 heavy (non-hydrogen) atoms. The summed E-state index contributed by atoms with van der Waals surface area (Å²) in [4.78, 5) is 10.2. The number of thiophene rings is 1. The normalized spacial score (nSPS) is 11.8. The van der Waals surface area contributed by atoms with Gasteiger partial charge in [-0.15, -0.1) is 11.3 Å². The van der Waals surface area contributed by atoms with Crippen LogP contribution in [0.5, 0.6) is 0 Å². The van der Waals surface area contributed by atoms with Crippen molar-refractivity contribution in [1.82, 2.24) is 19.1 Å². The van der Waals surface area contributed by atoms with E-state index >= 15 is 0 Å². The van der Waals surface area contributed by atoms with Crippen molar-refractivity contribution in [3.8, 4) is 40.1 Å². The van der Waals surface area contributed by atoms with Gasteiger partial charge in [-0.05, 0) is 54.6 Å². The van der Waals surface area contributed by atoms with Gasteiger partial charge in [0.05, 0.1) is 44.5 Å². The fourth-order valence-corrected chi connectivity index (χ4v) is 10.2. The lowest BCUT2D eigenvalue weighted by Crippen LogP contribution is -2.02. The Morgan fingerprint density at radius 2 is 1.11 bits per heavy atom. The molecule has 0 unspecified atom stereocenters. The highest BCUT2D eigenvalue weighted by Crippen LogP contribution is 2.51. The summed E-state index contributed by atoms with van der Waals surface area (Å²) < 4.78 is 7.27. The number of fused-ring (bicyclic) bond motifs is 13. The Hall–Kier alpha value is -7.59. The molecule has 0 atom stereocenters. The van der Waals surface area contributed by atoms with Crippen molar-refractivity contribution in [3.63, 3.8) is 0 Å². The van der Waals surface area contributed by atoms with Crippen molar-refractivity contribution in [3.05, 3.63) is 181 Å². The van der Waals surface area contributed by atoms with Crippen molar-refractivity contribution < 1.29 is 0 Å². The van der Waals surface area contributed by atoms with Gasteiger partial charge in [0.2, 0.25) is 0 Å². The predicted octanol–water partition coefficient (Wildman–Crippen LogP) is 13.4. The predicted molar refractivity (Wildman–Crippen MR) is 237 cm³/mol. The van der Waals surface area contributed by atoms with Crippen LogP contribution in [0.1, 0.15) is 5.56 Å². The van der Waals surface area contributed by atoms with Crippen LogP contribution in [0.3, 0.4) is 0 Å². The first-order chi connectivity index (χ1) is 28.3. The van der Waals surface area contributed by atoms with Crippen LogP contribution in [0.4, 0.5) is 0 Å². The minimum absolute atomic E-state index is 0.541. The summed E-state index contributed by atoms with van der Waals surface area (Å²) >= 11 is 1.86. The van der Waals surface area contributed by atoms with Crippen LogP contribution in [0, 0.1) is 11.3 Å². The lowest BCUT2D eigenvalue weighted by Gasteiger charge is -2.15. The first-order valence-corrected chi connectivity index (χ1v) is 19.8. The molecule has 0 N–H and O–H groups in total. The van der Waals surface area contributed by atoms with Gasteiger partial charge in [-0.3, -0.25) is 0 Å². The second-order valence-corrected chi connectivity index (χ2v) is 15.5. The molecule has 4 aromatic heterocycles. The van der Waals surface area contributed by atoms with Crippen molar-refractivity contribution in [2.24, 2.45) is 0 Å². The number of nitrogens with zero attached hydrogens (tertiary/aromatic N) is 5. The van der Waals surface area contributed by atoms with Gasteiger partial charge in [0.25, 0.3) is 0 Å². The van der Waals surface area contributed by atoms with E-state index in [4.69, 9.17) is 9.97 Å². The molecule has 0 saturated heterocycles. The summed E-state index contributed by atoms with van der Waals surface area (Å²) in [5, 5.41) is 19.3. The zero-order valence-corrected chi connectivity index (χ0v) is 31.2. The van der Waals surface area contributed by atoms with Crippen LogP contribution >= 0.6 is 11.3 Å². The fourth-order valence-electron chi connectivity index (χ4n) is 8.96. The Morgan fingerprint density at radius 1 is 0.491 bits per heavy atom. The SMILES string of the molecule is N#Cc1cc(-c2nc(-c3ccccc3)c3ccccc3n2)ccc1-n1c2ccccc2c2c3c4ccccc4sc3c3c4ccccc4n(-c4ccccc4)c3c21. The van der Waals surface area contributed by atoms with Crippen LogP contribution < -0.4 is 0 Å². The molecule has 0 bridgehead atoms. The molecule has 6 heteroatoms. The molecule has 12 rings (SSSR count). The van der Waals surface area contributed by atoms with Gasteiger partial charge in [-0.2, -0.15) is 5.26 Å². The number of hydrogen-bond donors (Lipinski definition) is 0. The molecular formula is C51H29N5S. The van der Waals surface area contributed by atoms with Gasteiger partial charge in [0, 0.05) is 63.9 Å². The standard InChI is InChI=1S/C51H29N5S/c52-30-33-29-32(51-53-39-23-11-7-19-35(39)47(54-51)31-15-3-1-4-16-31)27-28-40(33)56-42-25-13-8-20-36(42)44-45-38-22-10-14-26-43(38)57-50(45)46-37-21-9-12-24-41(37)55(49(46)48(44)56)34-17-5-2-6-18-34/h1-29H. The van der Waals surface area contributed by atoms with E-state index < -0.39 is 0 Å². The quantitative estimate of drug-likeness (QED) is 0.180. The molecule has 0 aliphatic heterocycles. The van der Waals surface area contributed by atoms with Crippen molar-refractivity contribution in [2.75, 3.05) is 0 Å². The maximum Gasteiger partial charge on any atom is 0.160 e.